The second-order valence-corrected chi connectivity index (χ2v) is 11.8. The topological polar surface area (TPSA) is 142 Å². The molecule has 3 N–H and O–H groups in total. The summed E-state index contributed by atoms with van der Waals surface area (Å²) in [5, 5.41) is 17.2. The summed E-state index contributed by atoms with van der Waals surface area (Å²) in [7, 11) is -4.07. The lowest BCUT2D eigenvalue weighted by molar-refractivity contribution is 0.100. The monoisotopic (exact) mass is 545 g/mol. The first-order valence-electron chi connectivity index (χ1n) is 12.1. The molecule has 0 radical (unpaired) electrons. The third kappa shape index (κ3) is 7.20. The lowest BCUT2D eigenvalue weighted by Gasteiger charge is -2.13. The number of aromatic nitrogens is 2. The predicted octanol–water partition coefficient (Wildman–Crippen LogP) is 3.62. The van der Waals surface area contributed by atoms with Gasteiger partial charge < -0.3 is 9.84 Å². The molecule has 0 spiro atoms. The lowest BCUT2D eigenvalue weighted by atomic mass is 9.96. The van der Waals surface area contributed by atoms with Crippen LogP contribution < -0.4 is 9.88 Å². The average Bonchev–Trinajstić information content (AvgIpc) is 3.47. The molecule has 0 saturated heterocycles. The third-order valence-electron chi connectivity index (χ3n) is 6.54. The van der Waals surface area contributed by atoms with Gasteiger partial charge in [-0.15, -0.1) is 11.3 Å². The van der Waals surface area contributed by atoms with Crippen molar-refractivity contribution in [3.63, 3.8) is 0 Å². The van der Waals surface area contributed by atoms with Gasteiger partial charge >= 0.3 is 10.3 Å². The van der Waals surface area contributed by atoms with Gasteiger partial charge in [-0.25, -0.2) is 15.1 Å². The van der Waals surface area contributed by atoms with E-state index in [9.17, 15) is 18.3 Å². The second kappa shape index (κ2) is 11.8. The van der Waals surface area contributed by atoms with E-state index in [1.165, 1.54) is 23.9 Å². The standard InChI is InChI=1S/C26H31N3O6S2/c1-16(2)20-5-3-4-6-24(20)34-12-18-10-25(36-14-18)26(31)21-11-28-15-29-22(21)8-17-7-19(23(30)9-17)13-35-37(27,32)33/h3-6,10-11,14-17,19,23,30H,7-9,12-13H2,1-2H3,(H2,27,32,33)/t17-,19+,23-/m0/s1. The smallest absolute Gasteiger partial charge is 0.333 e. The van der Waals surface area contributed by atoms with E-state index in [0.29, 0.717) is 47.9 Å². The van der Waals surface area contributed by atoms with Crippen LogP contribution in [-0.2, 0) is 27.5 Å². The highest BCUT2D eigenvalue weighted by Crippen LogP contribution is 2.35. The van der Waals surface area contributed by atoms with Crippen LogP contribution in [0.3, 0.4) is 0 Å². The highest BCUT2D eigenvalue weighted by molar-refractivity contribution is 7.84. The first-order chi connectivity index (χ1) is 17.6. The zero-order chi connectivity index (χ0) is 26.6. The number of para-hydroxylation sites is 1. The molecule has 1 aromatic carbocycles. The van der Waals surface area contributed by atoms with Crippen molar-refractivity contribution in [2.75, 3.05) is 6.61 Å². The maximum absolute atomic E-state index is 13.4. The van der Waals surface area contributed by atoms with Crippen LogP contribution in [0.2, 0.25) is 0 Å². The van der Waals surface area contributed by atoms with Gasteiger partial charge in [-0.1, -0.05) is 32.0 Å². The van der Waals surface area contributed by atoms with Crippen molar-refractivity contribution in [2.24, 2.45) is 17.0 Å². The number of ketones is 1. The van der Waals surface area contributed by atoms with Gasteiger partial charge in [0, 0.05) is 17.7 Å². The Balaban J connectivity index is 1.41. The number of aliphatic hydroxyl groups excluding tert-OH is 1. The van der Waals surface area contributed by atoms with Crippen molar-refractivity contribution in [2.45, 2.75) is 51.7 Å². The maximum atomic E-state index is 13.4. The fourth-order valence-corrected chi connectivity index (χ4v) is 5.89. The fraction of sp³-hybridized carbons (Fsp3) is 0.423. The van der Waals surface area contributed by atoms with E-state index in [1.54, 1.807) is 0 Å². The van der Waals surface area contributed by atoms with Gasteiger partial charge in [0.25, 0.3) is 0 Å². The number of aliphatic hydroxyl groups is 1. The van der Waals surface area contributed by atoms with Crippen molar-refractivity contribution in [1.29, 1.82) is 0 Å². The molecule has 1 aliphatic rings. The van der Waals surface area contributed by atoms with Crippen molar-refractivity contribution >= 4 is 27.4 Å². The van der Waals surface area contributed by atoms with E-state index >= 15 is 0 Å². The van der Waals surface area contributed by atoms with E-state index < -0.39 is 16.4 Å². The zero-order valence-electron chi connectivity index (χ0n) is 20.7. The molecule has 3 atom stereocenters. The summed E-state index contributed by atoms with van der Waals surface area (Å²) in [6, 6.07) is 9.78. The van der Waals surface area contributed by atoms with Gasteiger partial charge in [-0.3, -0.25) is 8.98 Å². The molecule has 4 rings (SSSR count). The number of benzene rings is 1. The van der Waals surface area contributed by atoms with Gasteiger partial charge in [-0.05, 0) is 54.2 Å². The lowest BCUT2D eigenvalue weighted by Crippen LogP contribution is -2.24. The molecule has 0 bridgehead atoms. The van der Waals surface area contributed by atoms with Gasteiger partial charge in [0.05, 0.1) is 28.8 Å². The summed E-state index contributed by atoms with van der Waals surface area (Å²) >= 11 is 1.35. The Hall–Kier alpha value is -2.70. The van der Waals surface area contributed by atoms with Gasteiger partial charge in [0.15, 0.2) is 0 Å². The molecule has 2 heterocycles. The minimum absolute atomic E-state index is 0.0128. The van der Waals surface area contributed by atoms with Crippen LogP contribution in [0.15, 0.2) is 48.2 Å². The predicted molar refractivity (Wildman–Crippen MR) is 140 cm³/mol. The highest BCUT2D eigenvalue weighted by atomic mass is 32.2. The Morgan fingerprint density at radius 3 is 2.81 bits per heavy atom. The fourth-order valence-electron chi connectivity index (χ4n) is 4.68. The Labute approximate surface area is 220 Å². The van der Waals surface area contributed by atoms with Crippen LogP contribution in [0.5, 0.6) is 5.75 Å². The van der Waals surface area contributed by atoms with Crippen molar-refractivity contribution in [1.82, 2.24) is 9.97 Å². The van der Waals surface area contributed by atoms with E-state index in [1.807, 2.05) is 29.6 Å². The number of nitrogens with two attached hydrogens (primary N) is 1. The molecule has 2 aromatic heterocycles. The second-order valence-electron chi connectivity index (χ2n) is 9.66. The Kier molecular flexibility index (Phi) is 8.71. The molecule has 1 aliphatic carbocycles. The van der Waals surface area contributed by atoms with Gasteiger partial charge in [-0.2, -0.15) is 8.42 Å². The number of hydrogen-bond donors (Lipinski definition) is 2. The first-order valence-corrected chi connectivity index (χ1v) is 14.4. The number of hydrogen-bond acceptors (Lipinski definition) is 9. The minimum Gasteiger partial charge on any atom is -0.489 e. The molecule has 9 nitrogen and oxygen atoms in total. The van der Waals surface area contributed by atoms with Crippen LogP contribution in [0.4, 0.5) is 0 Å². The molecule has 37 heavy (non-hydrogen) atoms. The van der Waals surface area contributed by atoms with Crippen LogP contribution in [-0.4, -0.2) is 42.0 Å². The maximum Gasteiger partial charge on any atom is 0.333 e. The van der Waals surface area contributed by atoms with E-state index in [2.05, 4.69) is 34.1 Å². The number of rotatable bonds is 11. The molecule has 0 aliphatic heterocycles. The molecule has 1 fully saturated rings. The summed E-state index contributed by atoms with van der Waals surface area (Å²) in [5.74, 6) is 0.664. The Bertz CT molecular complexity index is 1340. The van der Waals surface area contributed by atoms with Gasteiger partial charge in [0.1, 0.15) is 18.7 Å². The summed E-state index contributed by atoms with van der Waals surface area (Å²) < 4.78 is 32.9. The highest BCUT2D eigenvalue weighted by Gasteiger charge is 2.35. The molecule has 1 saturated carbocycles. The number of nitrogens with zero attached hydrogens (tertiary/aromatic N) is 2. The summed E-state index contributed by atoms with van der Waals surface area (Å²) in [4.78, 5) is 22.3. The van der Waals surface area contributed by atoms with E-state index in [-0.39, 0.29) is 24.2 Å². The molecule has 3 aromatic rings. The summed E-state index contributed by atoms with van der Waals surface area (Å²) in [5.41, 5.74) is 3.06. The van der Waals surface area contributed by atoms with Crippen molar-refractivity contribution in [3.8, 4) is 5.75 Å². The SMILES string of the molecule is CC(C)c1ccccc1OCc1csc(C(=O)c2cncnc2C[C@@H]2C[C@H](COS(N)(=O)=O)[C@@H](O)C2)c1. The number of thiophene rings is 1. The van der Waals surface area contributed by atoms with E-state index in [4.69, 9.17) is 9.88 Å². The average molecular weight is 546 g/mol. The van der Waals surface area contributed by atoms with Crippen LogP contribution in [0.1, 0.15) is 64.7 Å². The normalized spacial score (nSPS) is 19.9. The van der Waals surface area contributed by atoms with Crippen LogP contribution in [0.25, 0.3) is 0 Å². The number of carbonyl (C=O) groups excluding carboxylic acids is 1. The summed E-state index contributed by atoms with van der Waals surface area (Å²) in [6.07, 6.45) is 3.65. The number of carbonyl (C=O) groups is 1. The van der Waals surface area contributed by atoms with Crippen LogP contribution in [0, 0.1) is 11.8 Å². The molecule has 0 amide bonds. The third-order valence-corrected chi connectivity index (χ3v) is 7.98. The summed E-state index contributed by atoms with van der Waals surface area (Å²) in [6.45, 7) is 4.42. The van der Waals surface area contributed by atoms with Crippen molar-refractivity contribution < 1.29 is 27.2 Å². The Morgan fingerprint density at radius 1 is 1.27 bits per heavy atom. The zero-order valence-corrected chi connectivity index (χ0v) is 22.4. The van der Waals surface area contributed by atoms with Crippen molar-refractivity contribution in [3.05, 3.63) is 75.5 Å². The largest absolute Gasteiger partial charge is 0.489 e. The van der Waals surface area contributed by atoms with Crippen LogP contribution >= 0.6 is 11.3 Å². The minimum atomic E-state index is -4.07. The Morgan fingerprint density at radius 2 is 2.05 bits per heavy atom. The first kappa shape index (κ1) is 27.3. The molecular formula is C26H31N3O6S2. The molecule has 198 valence electrons. The molecular weight excluding hydrogens is 514 g/mol. The quantitative estimate of drug-likeness (QED) is 0.348. The molecule has 11 heteroatoms. The van der Waals surface area contributed by atoms with E-state index in [0.717, 1.165) is 16.9 Å². The van der Waals surface area contributed by atoms with Gasteiger partial charge in [0.2, 0.25) is 5.78 Å². The number of ether oxygens (including phenoxy) is 1. The molecule has 0 unspecified atom stereocenters.